The fourth-order valence-electron chi connectivity index (χ4n) is 0.877. The first-order valence-electron chi connectivity index (χ1n) is 4.69. The van der Waals surface area contributed by atoms with Crippen LogP contribution in [0.5, 0.6) is 0 Å². The Balaban J connectivity index is 0.000000203. The van der Waals surface area contributed by atoms with Gasteiger partial charge in [-0.2, -0.15) is 0 Å². The van der Waals surface area contributed by atoms with E-state index in [1.165, 1.54) is 0 Å². The van der Waals surface area contributed by atoms with Crippen molar-refractivity contribution in [3.8, 4) is 0 Å². The molecule has 0 saturated carbocycles. The quantitative estimate of drug-likeness (QED) is 0.697. The van der Waals surface area contributed by atoms with E-state index in [1.54, 1.807) is 12.1 Å². The number of benzene rings is 1. The van der Waals surface area contributed by atoms with E-state index in [1.807, 2.05) is 18.2 Å². The summed E-state index contributed by atoms with van der Waals surface area (Å²) in [4.78, 5) is 0. The van der Waals surface area contributed by atoms with E-state index in [4.69, 9.17) is 14.9 Å². The summed E-state index contributed by atoms with van der Waals surface area (Å²) in [6.07, 6.45) is -0.152. The normalized spacial score (nSPS) is 20.6. The van der Waals surface area contributed by atoms with Crippen LogP contribution in [0.2, 0.25) is 0 Å². The SMILES string of the molecule is CC1CO1.OCC(O)c1ccccc1. The van der Waals surface area contributed by atoms with E-state index in [0.29, 0.717) is 6.10 Å². The van der Waals surface area contributed by atoms with Crippen molar-refractivity contribution in [2.75, 3.05) is 13.2 Å². The molecule has 0 aromatic heterocycles. The number of aliphatic hydroxyl groups excluding tert-OH is 2. The van der Waals surface area contributed by atoms with Crippen molar-refractivity contribution >= 4 is 0 Å². The molecule has 0 aliphatic carbocycles. The molecule has 2 unspecified atom stereocenters. The molecule has 2 atom stereocenters. The van der Waals surface area contributed by atoms with E-state index in [-0.39, 0.29) is 6.61 Å². The van der Waals surface area contributed by atoms with Gasteiger partial charge >= 0.3 is 0 Å². The molecule has 3 nitrogen and oxygen atoms in total. The van der Waals surface area contributed by atoms with Gasteiger partial charge in [0, 0.05) is 0 Å². The summed E-state index contributed by atoms with van der Waals surface area (Å²) in [5, 5.41) is 17.6. The van der Waals surface area contributed by atoms with Gasteiger partial charge in [0.15, 0.2) is 0 Å². The van der Waals surface area contributed by atoms with Gasteiger partial charge in [0.25, 0.3) is 0 Å². The molecule has 14 heavy (non-hydrogen) atoms. The van der Waals surface area contributed by atoms with Crippen LogP contribution >= 0.6 is 0 Å². The monoisotopic (exact) mass is 196 g/mol. The third-order valence-electron chi connectivity index (χ3n) is 1.86. The van der Waals surface area contributed by atoms with Crippen LogP contribution in [-0.4, -0.2) is 29.5 Å². The number of hydrogen-bond donors (Lipinski definition) is 2. The maximum atomic E-state index is 9.08. The number of epoxide rings is 1. The van der Waals surface area contributed by atoms with Crippen LogP contribution in [0.25, 0.3) is 0 Å². The molecule has 1 aromatic rings. The smallest absolute Gasteiger partial charge is 0.102 e. The highest BCUT2D eigenvalue weighted by Crippen LogP contribution is 2.09. The van der Waals surface area contributed by atoms with E-state index in [2.05, 4.69) is 6.92 Å². The van der Waals surface area contributed by atoms with Crippen molar-refractivity contribution in [1.82, 2.24) is 0 Å². The Morgan fingerprint density at radius 2 is 1.93 bits per heavy atom. The third kappa shape index (κ3) is 4.37. The van der Waals surface area contributed by atoms with Gasteiger partial charge in [0.05, 0.1) is 19.3 Å². The largest absolute Gasteiger partial charge is 0.393 e. The van der Waals surface area contributed by atoms with Crippen LogP contribution in [0.3, 0.4) is 0 Å². The lowest BCUT2D eigenvalue weighted by Gasteiger charge is -2.05. The van der Waals surface area contributed by atoms with Gasteiger partial charge in [-0.3, -0.25) is 0 Å². The van der Waals surface area contributed by atoms with Gasteiger partial charge in [-0.1, -0.05) is 30.3 Å². The second-order valence-corrected chi connectivity index (χ2v) is 3.25. The zero-order valence-corrected chi connectivity index (χ0v) is 8.26. The minimum atomic E-state index is -0.735. The summed E-state index contributed by atoms with van der Waals surface area (Å²) in [5.74, 6) is 0. The van der Waals surface area contributed by atoms with Crippen molar-refractivity contribution in [2.45, 2.75) is 19.1 Å². The third-order valence-corrected chi connectivity index (χ3v) is 1.86. The summed E-state index contributed by atoms with van der Waals surface area (Å²) in [6, 6.07) is 9.08. The minimum Gasteiger partial charge on any atom is -0.393 e. The highest BCUT2D eigenvalue weighted by molar-refractivity contribution is 5.16. The Hall–Kier alpha value is -0.900. The average molecular weight is 196 g/mol. The Bertz CT molecular complexity index is 244. The molecule has 0 bridgehead atoms. The standard InChI is InChI=1S/C8H10O2.C3H6O/c9-6-8(10)7-4-2-1-3-5-7;1-3-2-4-3/h1-5,8-10H,6H2;3H,2H2,1H3. The van der Waals surface area contributed by atoms with Crippen LogP contribution in [0.4, 0.5) is 0 Å². The molecule has 78 valence electrons. The number of aliphatic hydroxyl groups is 2. The van der Waals surface area contributed by atoms with E-state index >= 15 is 0 Å². The number of rotatable bonds is 2. The van der Waals surface area contributed by atoms with Crippen molar-refractivity contribution in [1.29, 1.82) is 0 Å². The first kappa shape index (κ1) is 11.2. The van der Waals surface area contributed by atoms with E-state index < -0.39 is 6.10 Å². The maximum absolute atomic E-state index is 9.08. The fraction of sp³-hybridized carbons (Fsp3) is 0.455. The Labute approximate surface area is 84.0 Å². The minimum absolute atomic E-state index is 0.218. The average Bonchev–Trinajstić information content (AvgIpc) is 3.02. The van der Waals surface area contributed by atoms with Gasteiger partial charge in [0.1, 0.15) is 6.10 Å². The molecule has 1 fully saturated rings. The molecular weight excluding hydrogens is 180 g/mol. The first-order chi connectivity index (χ1) is 6.74. The second kappa shape index (κ2) is 5.75. The van der Waals surface area contributed by atoms with Crippen LogP contribution in [0.1, 0.15) is 18.6 Å². The molecule has 2 N–H and O–H groups in total. The van der Waals surface area contributed by atoms with Crippen molar-refractivity contribution < 1.29 is 14.9 Å². The van der Waals surface area contributed by atoms with Crippen LogP contribution in [0, 0.1) is 0 Å². The van der Waals surface area contributed by atoms with Gasteiger partial charge in [-0.25, -0.2) is 0 Å². The lowest BCUT2D eigenvalue weighted by atomic mass is 10.1. The van der Waals surface area contributed by atoms with Crippen molar-refractivity contribution in [2.24, 2.45) is 0 Å². The highest BCUT2D eigenvalue weighted by Gasteiger charge is 2.13. The second-order valence-electron chi connectivity index (χ2n) is 3.25. The number of hydrogen-bond acceptors (Lipinski definition) is 3. The van der Waals surface area contributed by atoms with Crippen molar-refractivity contribution in [3.05, 3.63) is 35.9 Å². The predicted molar refractivity (Wildman–Crippen MR) is 53.9 cm³/mol. The Kier molecular flexibility index (Phi) is 4.59. The number of ether oxygens (including phenoxy) is 1. The summed E-state index contributed by atoms with van der Waals surface area (Å²) < 4.78 is 4.71. The molecule has 1 aliphatic rings. The summed E-state index contributed by atoms with van der Waals surface area (Å²) in [5.41, 5.74) is 0.755. The molecule has 0 spiro atoms. The molecule has 1 aliphatic heterocycles. The lowest BCUT2D eigenvalue weighted by molar-refractivity contribution is 0.0956. The predicted octanol–water partition coefficient (Wildman–Crippen LogP) is 1.12. The Morgan fingerprint density at radius 1 is 1.43 bits per heavy atom. The highest BCUT2D eigenvalue weighted by atomic mass is 16.6. The van der Waals surface area contributed by atoms with E-state index in [9.17, 15) is 0 Å². The molecule has 1 aromatic carbocycles. The molecule has 1 heterocycles. The van der Waals surface area contributed by atoms with Gasteiger partial charge in [-0.15, -0.1) is 0 Å². The topological polar surface area (TPSA) is 53.0 Å². The zero-order chi connectivity index (χ0) is 10.4. The summed E-state index contributed by atoms with van der Waals surface area (Å²) in [6.45, 7) is 2.82. The molecule has 1 saturated heterocycles. The van der Waals surface area contributed by atoms with Crippen LogP contribution in [0.15, 0.2) is 30.3 Å². The first-order valence-corrected chi connectivity index (χ1v) is 4.69. The molecular formula is C11H16O3. The molecule has 3 heteroatoms. The summed E-state index contributed by atoms with van der Waals surface area (Å²) >= 11 is 0. The molecule has 0 amide bonds. The molecule has 0 radical (unpaired) electrons. The van der Waals surface area contributed by atoms with Crippen LogP contribution < -0.4 is 0 Å². The Morgan fingerprint density at radius 3 is 2.29 bits per heavy atom. The fourth-order valence-corrected chi connectivity index (χ4v) is 0.877. The summed E-state index contributed by atoms with van der Waals surface area (Å²) in [7, 11) is 0. The lowest BCUT2D eigenvalue weighted by Crippen LogP contribution is -2.01. The maximum Gasteiger partial charge on any atom is 0.102 e. The van der Waals surface area contributed by atoms with E-state index in [0.717, 1.165) is 12.2 Å². The van der Waals surface area contributed by atoms with Crippen molar-refractivity contribution in [3.63, 3.8) is 0 Å². The zero-order valence-electron chi connectivity index (χ0n) is 8.26. The van der Waals surface area contributed by atoms with Crippen LogP contribution in [-0.2, 0) is 4.74 Å². The van der Waals surface area contributed by atoms with Gasteiger partial charge in [-0.05, 0) is 12.5 Å². The van der Waals surface area contributed by atoms with Gasteiger partial charge in [0.2, 0.25) is 0 Å². The molecule has 2 rings (SSSR count). The van der Waals surface area contributed by atoms with Gasteiger partial charge < -0.3 is 14.9 Å².